The lowest BCUT2D eigenvalue weighted by molar-refractivity contribution is -0.0183. The van der Waals surface area contributed by atoms with E-state index < -0.39 is 0 Å². The van der Waals surface area contributed by atoms with Gasteiger partial charge in [0.05, 0.1) is 12.8 Å². The standard InChI is InChI=1S/C16H13Cl2NO3/c17-14-3-1-11(2-4-14)7-19-22-9-13-6-15(18)5-12-8-20-10-21-16(12)13/h1-7H,8-10H2/b19-7-. The highest BCUT2D eigenvalue weighted by atomic mass is 35.5. The van der Waals surface area contributed by atoms with E-state index in [1.165, 1.54) is 0 Å². The molecule has 114 valence electrons. The second-order valence-corrected chi connectivity index (χ2v) is 5.60. The fourth-order valence-corrected chi connectivity index (χ4v) is 2.51. The van der Waals surface area contributed by atoms with Crippen LogP contribution in [0.4, 0.5) is 0 Å². The van der Waals surface area contributed by atoms with Gasteiger partial charge in [-0.2, -0.15) is 0 Å². The number of nitrogens with zero attached hydrogens (tertiary/aromatic N) is 1. The molecule has 0 bridgehead atoms. The Balaban J connectivity index is 1.66. The fourth-order valence-electron chi connectivity index (χ4n) is 2.12. The Morgan fingerprint density at radius 2 is 1.95 bits per heavy atom. The second kappa shape index (κ2) is 7.01. The van der Waals surface area contributed by atoms with Crippen LogP contribution in [0.25, 0.3) is 0 Å². The van der Waals surface area contributed by atoms with Gasteiger partial charge in [-0.3, -0.25) is 0 Å². The van der Waals surface area contributed by atoms with Crippen LogP contribution in [0.5, 0.6) is 5.75 Å². The molecular weight excluding hydrogens is 325 g/mol. The Labute approximate surface area is 138 Å². The van der Waals surface area contributed by atoms with E-state index in [4.69, 9.17) is 37.5 Å². The summed E-state index contributed by atoms with van der Waals surface area (Å²) in [4.78, 5) is 5.33. The van der Waals surface area contributed by atoms with Crippen LogP contribution in [0.15, 0.2) is 41.6 Å². The van der Waals surface area contributed by atoms with Gasteiger partial charge in [-0.25, -0.2) is 0 Å². The zero-order chi connectivity index (χ0) is 15.4. The van der Waals surface area contributed by atoms with E-state index in [9.17, 15) is 0 Å². The van der Waals surface area contributed by atoms with Crippen LogP contribution in [0, 0.1) is 0 Å². The van der Waals surface area contributed by atoms with Crippen LogP contribution in [-0.2, 0) is 22.8 Å². The Morgan fingerprint density at radius 3 is 2.77 bits per heavy atom. The third-order valence-corrected chi connectivity index (χ3v) is 3.59. The summed E-state index contributed by atoms with van der Waals surface area (Å²) in [6.07, 6.45) is 1.62. The Morgan fingerprint density at radius 1 is 1.14 bits per heavy atom. The molecule has 0 N–H and O–H groups in total. The smallest absolute Gasteiger partial charge is 0.189 e. The number of hydrogen-bond donors (Lipinski definition) is 0. The summed E-state index contributed by atoms with van der Waals surface area (Å²) in [7, 11) is 0. The fraction of sp³-hybridized carbons (Fsp3) is 0.188. The molecule has 0 aliphatic carbocycles. The molecule has 1 heterocycles. The summed E-state index contributed by atoms with van der Waals surface area (Å²) in [5.41, 5.74) is 2.67. The summed E-state index contributed by atoms with van der Waals surface area (Å²) in [5.74, 6) is 0.761. The lowest BCUT2D eigenvalue weighted by Gasteiger charge is -2.20. The zero-order valence-corrected chi connectivity index (χ0v) is 13.1. The lowest BCUT2D eigenvalue weighted by Crippen LogP contribution is -2.13. The highest BCUT2D eigenvalue weighted by Crippen LogP contribution is 2.32. The van der Waals surface area contributed by atoms with Crippen LogP contribution < -0.4 is 4.74 Å². The minimum atomic E-state index is 0.232. The van der Waals surface area contributed by atoms with Crippen molar-refractivity contribution in [1.29, 1.82) is 0 Å². The monoisotopic (exact) mass is 337 g/mol. The first-order chi connectivity index (χ1) is 10.7. The average Bonchev–Trinajstić information content (AvgIpc) is 2.53. The van der Waals surface area contributed by atoms with E-state index in [-0.39, 0.29) is 13.4 Å². The molecule has 0 aromatic heterocycles. The van der Waals surface area contributed by atoms with Crippen LogP contribution in [0.2, 0.25) is 10.0 Å². The summed E-state index contributed by atoms with van der Waals surface area (Å²) < 4.78 is 10.7. The third-order valence-electron chi connectivity index (χ3n) is 3.12. The number of rotatable bonds is 4. The van der Waals surface area contributed by atoms with Crippen molar-refractivity contribution >= 4 is 29.4 Å². The number of oxime groups is 1. The topological polar surface area (TPSA) is 40.0 Å². The van der Waals surface area contributed by atoms with Crippen molar-refractivity contribution in [1.82, 2.24) is 0 Å². The highest BCUT2D eigenvalue weighted by molar-refractivity contribution is 6.31. The molecule has 0 amide bonds. The van der Waals surface area contributed by atoms with Gasteiger partial charge in [-0.1, -0.05) is 40.5 Å². The van der Waals surface area contributed by atoms with Crippen LogP contribution in [0.1, 0.15) is 16.7 Å². The van der Waals surface area contributed by atoms with Crippen LogP contribution in [-0.4, -0.2) is 13.0 Å². The molecule has 6 heteroatoms. The quantitative estimate of drug-likeness (QED) is 0.612. The molecule has 2 aromatic rings. The van der Waals surface area contributed by atoms with Crippen molar-refractivity contribution in [3.8, 4) is 5.75 Å². The number of halogens is 2. The van der Waals surface area contributed by atoms with Gasteiger partial charge in [-0.05, 0) is 29.8 Å². The molecule has 1 aliphatic rings. The van der Waals surface area contributed by atoms with Gasteiger partial charge in [0, 0.05) is 21.2 Å². The lowest BCUT2D eigenvalue weighted by atomic mass is 10.1. The number of benzene rings is 2. The van der Waals surface area contributed by atoms with Gasteiger partial charge < -0.3 is 14.3 Å². The van der Waals surface area contributed by atoms with Crippen molar-refractivity contribution < 1.29 is 14.3 Å². The Kier molecular flexibility index (Phi) is 4.83. The molecule has 3 rings (SSSR count). The molecule has 0 saturated heterocycles. The summed E-state index contributed by atoms with van der Waals surface area (Å²) in [6, 6.07) is 10.9. The van der Waals surface area contributed by atoms with Crippen molar-refractivity contribution in [3.05, 3.63) is 63.1 Å². The van der Waals surface area contributed by atoms with Crippen molar-refractivity contribution in [2.45, 2.75) is 13.2 Å². The molecular formula is C16H13Cl2NO3. The van der Waals surface area contributed by atoms with E-state index in [1.807, 2.05) is 24.3 Å². The maximum atomic E-state index is 6.09. The third kappa shape index (κ3) is 3.71. The van der Waals surface area contributed by atoms with E-state index in [0.29, 0.717) is 16.7 Å². The highest BCUT2D eigenvalue weighted by Gasteiger charge is 2.16. The molecule has 0 radical (unpaired) electrons. The predicted molar refractivity (Wildman–Crippen MR) is 85.6 cm³/mol. The Bertz CT molecular complexity index is 687. The van der Waals surface area contributed by atoms with Crippen molar-refractivity contribution in [2.75, 3.05) is 6.79 Å². The minimum Gasteiger partial charge on any atom is -0.467 e. The van der Waals surface area contributed by atoms with Gasteiger partial charge in [0.25, 0.3) is 0 Å². The zero-order valence-electron chi connectivity index (χ0n) is 11.6. The number of hydrogen-bond acceptors (Lipinski definition) is 4. The first kappa shape index (κ1) is 15.2. The molecule has 0 saturated carbocycles. The molecule has 4 nitrogen and oxygen atoms in total. The van der Waals surface area contributed by atoms with Gasteiger partial charge in [0.2, 0.25) is 0 Å². The van der Waals surface area contributed by atoms with Crippen LogP contribution >= 0.6 is 23.2 Å². The molecule has 0 atom stereocenters. The molecule has 1 aliphatic heterocycles. The summed E-state index contributed by atoms with van der Waals surface area (Å²) >= 11 is 11.9. The molecule has 2 aromatic carbocycles. The molecule has 22 heavy (non-hydrogen) atoms. The van der Waals surface area contributed by atoms with Gasteiger partial charge in [-0.15, -0.1) is 0 Å². The van der Waals surface area contributed by atoms with Gasteiger partial charge >= 0.3 is 0 Å². The first-order valence-electron chi connectivity index (χ1n) is 6.65. The average molecular weight is 338 g/mol. The van der Waals surface area contributed by atoms with Gasteiger partial charge in [0.1, 0.15) is 12.4 Å². The van der Waals surface area contributed by atoms with E-state index in [2.05, 4.69) is 5.16 Å². The number of fused-ring (bicyclic) bond motifs is 1. The van der Waals surface area contributed by atoms with E-state index in [0.717, 1.165) is 22.4 Å². The maximum Gasteiger partial charge on any atom is 0.189 e. The maximum absolute atomic E-state index is 6.09. The van der Waals surface area contributed by atoms with Crippen LogP contribution in [0.3, 0.4) is 0 Å². The largest absolute Gasteiger partial charge is 0.467 e. The Hall–Kier alpha value is -1.75. The van der Waals surface area contributed by atoms with E-state index in [1.54, 1.807) is 18.3 Å². The molecule has 0 spiro atoms. The predicted octanol–water partition coefficient (Wildman–Crippen LogP) is 4.41. The SMILES string of the molecule is Clc1ccc(/C=N\OCc2cc(Cl)cc3c2OCOC3)cc1. The number of ether oxygens (including phenoxy) is 2. The summed E-state index contributed by atoms with van der Waals surface area (Å²) in [5, 5.41) is 5.25. The molecule has 0 fully saturated rings. The summed E-state index contributed by atoms with van der Waals surface area (Å²) in [6.45, 7) is 0.986. The first-order valence-corrected chi connectivity index (χ1v) is 7.41. The normalized spacial score (nSPS) is 13.7. The van der Waals surface area contributed by atoms with Crippen molar-refractivity contribution in [3.63, 3.8) is 0 Å². The molecule has 0 unspecified atom stereocenters. The second-order valence-electron chi connectivity index (χ2n) is 4.72. The minimum absolute atomic E-state index is 0.232. The van der Waals surface area contributed by atoms with Crippen molar-refractivity contribution in [2.24, 2.45) is 5.16 Å². The van der Waals surface area contributed by atoms with Gasteiger partial charge in [0.15, 0.2) is 6.79 Å². The van der Waals surface area contributed by atoms with E-state index >= 15 is 0 Å².